The second-order valence-electron chi connectivity index (χ2n) is 4.39. The van der Waals surface area contributed by atoms with Gasteiger partial charge in [-0.1, -0.05) is 0 Å². The minimum atomic E-state index is -4.31. The highest BCUT2D eigenvalue weighted by molar-refractivity contribution is 5.91. The number of rotatable bonds is 5. The zero-order chi connectivity index (χ0) is 15.3. The number of nitrogens with zero attached hydrogens (tertiary/aromatic N) is 1. The molecular weight excluding hydrogens is 278 g/mol. The first-order chi connectivity index (χ1) is 9.17. The molecule has 1 aromatic rings. The SMILES string of the molecule is CN(CCC(=O)Nc1cc(N)ccc1F)CC(F)(F)F. The Morgan fingerprint density at radius 2 is 2.05 bits per heavy atom. The molecule has 4 nitrogen and oxygen atoms in total. The van der Waals surface area contributed by atoms with Gasteiger partial charge >= 0.3 is 6.18 Å². The maximum atomic E-state index is 13.3. The van der Waals surface area contributed by atoms with Crippen LogP contribution in [0.4, 0.5) is 28.9 Å². The Balaban J connectivity index is 2.46. The average Bonchev–Trinajstić information content (AvgIpc) is 2.29. The number of nitrogens with one attached hydrogen (secondary N) is 1. The maximum Gasteiger partial charge on any atom is 0.401 e. The fraction of sp³-hybridized carbons (Fsp3) is 0.417. The van der Waals surface area contributed by atoms with Crippen molar-refractivity contribution >= 4 is 17.3 Å². The zero-order valence-electron chi connectivity index (χ0n) is 10.8. The topological polar surface area (TPSA) is 58.4 Å². The first-order valence-corrected chi connectivity index (χ1v) is 5.77. The summed E-state index contributed by atoms with van der Waals surface area (Å²) >= 11 is 0. The summed E-state index contributed by atoms with van der Waals surface area (Å²) in [6.45, 7) is -1.19. The number of hydrogen-bond donors (Lipinski definition) is 2. The molecule has 0 aliphatic heterocycles. The van der Waals surface area contributed by atoms with Gasteiger partial charge in [0.1, 0.15) is 5.82 Å². The van der Waals surface area contributed by atoms with Gasteiger partial charge in [-0.3, -0.25) is 9.69 Å². The number of anilines is 2. The summed E-state index contributed by atoms with van der Waals surface area (Å²) in [5.41, 5.74) is 5.63. The Bertz CT molecular complexity index is 476. The highest BCUT2D eigenvalue weighted by Crippen LogP contribution is 2.18. The molecule has 0 aliphatic rings. The molecule has 1 rings (SSSR count). The quantitative estimate of drug-likeness (QED) is 0.646. The van der Waals surface area contributed by atoms with Crippen LogP contribution in [0.1, 0.15) is 6.42 Å². The second-order valence-corrected chi connectivity index (χ2v) is 4.39. The van der Waals surface area contributed by atoms with Crippen molar-refractivity contribution in [2.45, 2.75) is 12.6 Å². The van der Waals surface area contributed by atoms with Crippen LogP contribution in [-0.2, 0) is 4.79 Å². The van der Waals surface area contributed by atoms with Crippen molar-refractivity contribution in [1.29, 1.82) is 0 Å². The van der Waals surface area contributed by atoms with E-state index in [0.717, 1.165) is 11.0 Å². The van der Waals surface area contributed by atoms with E-state index in [9.17, 15) is 22.4 Å². The second kappa shape index (κ2) is 6.56. The number of alkyl halides is 3. The van der Waals surface area contributed by atoms with Crippen LogP contribution >= 0.6 is 0 Å². The molecule has 0 bridgehead atoms. The minimum Gasteiger partial charge on any atom is -0.399 e. The molecule has 0 aliphatic carbocycles. The summed E-state index contributed by atoms with van der Waals surface area (Å²) in [7, 11) is 1.25. The van der Waals surface area contributed by atoms with Gasteiger partial charge in [-0.05, 0) is 25.2 Å². The Hall–Kier alpha value is -1.83. The maximum absolute atomic E-state index is 13.3. The molecule has 20 heavy (non-hydrogen) atoms. The molecular formula is C12H15F4N3O. The molecule has 0 saturated carbocycles. The van der Waals surface area contributed by atoms with Gasteiger partial charge in [0.05, 0.1) is 12.2 Å². The van der Waals surface area contributed by atoms with Crippen LogP contribution in [0.25, 0.3) is 0 Å². The van der Waals surface area contributed by atoms with E-state index in [0.29, 0.717) is 0 Å². The van der Waals surface area contributed by atoms with E-state index in [1.165, 1.54) is 19.2 Å². The predicted molar refractivity (Wildman–Crippen MR) is 67.6 cm³/mol. The van der Waals surface area contributed by atoms with Gasteiger partial charge in [0.25, 0.3) is 0 Å². The molecule has 0 radical (unpaired) electrons. The number of benzene rings is 1. The lowest BCUT2D eigenvalue weighted by molar-refractivity contribution is -0.144. The van der Waals surface area contributed by atoms with E-state index < -0.39 is 24.4 Å². The van der Waals surface area contributed by atoms with Crippen LogP contribution in [0.15, 0.2) is 18.2 Å². The third-order valence-corrected chi connectivity index (χ3v) is 2.43. The van der Waals surface area contributed by atoms with E-state index in [2.05, 4.69) is 5.32 Å². The van der Waals surface area contributed by atoms with E-state index in [4.69, 9.17) is 5.73 Å². The molecule has 0 fully saturated rings. The molecule has 1 aromatic carbocycles. The summed E-state index contributed by atoms with van der Waals surface area (Å²) in [4.78, 5) is 12.5. The fourth-order valence-corrected chi connectivity index (χ4v) is 1.53. The fourth-order valence-electron chi connectivity index (χ4n) is 1.53. The van der Waals surface area contributed by atoms with Gasteiger partial charge in [-0.25, -0.2) is 4.39 Å². The molecule has 0 spiro atoms. The van der Waals surface area contributed by atoms with Crippen molar-refractivity contribution in [2.24, 2.45) is 0 Å². The first kappa shape index (κ1) is 16.2. The largest absolute Gasteiger partial charge is 0.401 e. The lowest BCUT2D eigenvalue weighted by atomic mass is 10.2. The van der Waals surface area contributed by atoms with Gasteiger partial charge in [0, 0.05) is 18.7 Å². The van der Waals surface area contributed by atoms with Crippen LogP contribution in [0, 0.1) is 5.82 Å². The number of amides is 1. The monoisotopic (exact) mass is 293 g/mol. The third kappa shape index (κ3) is 5.87. The molecule has 1 amide bonds. The number of nitrogens with two attached hydrogens (primary N) is 1. The Labute approximate surface area is 113 Å². The van der Waals surface area contributed by atoms with Crippen molar-refractivity contribution in [3.63, 3.8) is 0 Å². The molecule has 3 N–H and O–H groups in total. The van der Waals surface area contributed by atoms with Gasteiger partial charge < -0.3 is 11.1 Å². The number of carbonyl (C=O) groups is 1. The highest BCUT2D eigenvalue weighted by Gasteiger charge is 2.29. The number of carbonyl (C=O) groups excluding carboxylic acids is 1. The predicted octanol–water partition coefficient (Wildman–Crippen LogP) is 2.23. The van der Waals surface area contributed by atoms with Crippen LogP contribution in [0.3, 0.4) is 0 Å². The van der Waals surface area contributed by atoms with E-state index >= 15 is 0 Å². The zero-order valence-corrected chi connectivity index (χ0v) is 10.8. The summed E-state index contributed by atoms with van der Waals surface area (Å²) < 4.78 is 49.5. The number of halogens is 4. The summed E-state index contributed by atoms with van der Waals surface area (Å²) in [5.74, 6) is -1.24. The number of hydrogen-bond acceptors (Lipinski definition) is 3. The van der Waals surface area contributed by atoms with Gasteiger partial charge in [-0.2, -0.15) is 13.2 Å². The van der Waals surface area contributed by atoms with Crippen LogP contribution < -0.4 is 11.1 Å². The summed E-state index contributed by atoms with van der Waals surface area (Å²) in [5, 5.41) is 2.27. The molecule has 8 heteroatoms. The van der Waals surface area contributed by atoms with Crippen molar-refractivity contribution in [3.05, 3.63) is 24.0 Å². The lowest BCUT2D eigenvalue weighted by Gasteiger charge is -2.18. The third-order valence-electron chi connectivity index (χ3n) is 2.43. The number of nitrogen functional groups attached to an aromatic ring is 1. The first-order valence-electron chi connectivity index (χ1n) is 5.77. The summed E-state index contributed by atoms with van der Waals surface area (Å²) in [6.07, 6.45) is -4.49. The molecule has 0 atom stereocenters. The molecule has 0 unspecified atom stereocenters. The van der Waals surface area contributed by atoms with E-state index in [-0.39, 0.29) is 24.3 Å². The van der Waals surface area contributed by atoms with Crippen molar-refractivity contribution < 1.29 is 22.4 Å². The van der Waals surface area contributed by atoms with Crippen LogP contribution in [0.5, 0.6) is 0 Å². The molecule has 0 aromatic heterocycles. The van der Waals surface area contributed by atoms with Crippen LogP contribution in [-0.4, -0.2) is 37.1 Å². The van der Waals surface area contributed by atoms with E-state index in [1.807, 2.05) is 0 Å². The van der Waals surface area contributed by atoms with E-state index in [1.54, 1.807) is 0 Å². The Morgan fingerprint density at radius 3 is 2.65 bits per heavy atom. The van der Waals surface area contributed by atoms with Gasteiger partial charge in [0.15, 0.2) is 0 Å². The molecule has 0 heterocycles. The molecule has 112 valence electrons. The van der Waals surface area contributed by atoms with Crippen molar-refractivity contribution in [2.75, 3.05) is 31.2 Å². The van der Waals surface area contributed by atoms with Gasteiger partial charge in [0.2, 0.25) is 5.91 Å². The van der Waals surface area contributed by atoms with Crippen molar-refractivity contribution in [3.8, 4) is 0 Å². The van der Waals surface area contributed by atoms with Gasteiger partial charge in [-0.15, -0.1) is 0 Å². The molecule has 0 saturated heterocycles. The average molecular weight is 293 g/mol. The normalized spacial score (nSPS) is 11.7. The minimum absolute atomic E-state index is 0.0880. The Morgan fingerprint density at radius 1 is 1.40 bits per heavy atom. The highest BCUT2D eigenvalue weighted by atomic mass is 19.4. The standard InChI is InChI=1S/C12H15F4N3O/c1-19(7-12(14,15)16)5-4-11(20)18-10-6-8(17)2-3-9(10)13/h2-3,6H,4-5,7,17H2,1H3,(H,18,20). The summed E-state index contributed by atoms with van der Waals surface area (Å²) in [6, 6.07) is 3.68. The van der Waals surface area contributed by atoms with Crippen LogP contribution in [0.2, 0.25) is 0 Å². The van der Waals surface area contributed by atoms with Crippen molar-refractivity contribution in [1.82, 2.24) is 4.90 Å². The Kier molecular flexibility index (Phi) is 5.32. The lowest BCUT2D eigenvalue weighted by Crippen LogP contribution is -2.33. The smallest absolute Gasteiger partial charge is 0.399 e.